The molecule has 0 aliphatic rings. The van der Waals surface area contributed by atoms with Gasteiger partial charge in [0, 0.05) is 12.1 Å². The molecule has 0 saturated carbocycles. The van der Waals surface area contributed by atoms with Gasteiger partial charge in [0.05, 0.1) is 17.7 Å². The maximum absolute atomic E-state index is 14.0. The van der Waals surface area contributed by atoms with Gasteiger partial charge in [0.1, 0.15) is 18.3 Å². The topological polar surface area (TPSA) is 96.0 Å². The maximum atomic E-state index is 14.0. The lowest BCUT2D eigenvalue weighted by atomic mass is 10.1. The van der Waals surface area contributed by atoms with Gasteiger partial charge in [-0.05, 0) is 81.6 Å². The molecule has 0 fully saturated rings. The van der Waals surface area contributed by atoms with Crippen LogP contribution in [0.4, 0.5) is 5.69 Å². The molecule has 0 radical (unpaired) electrons. The number of ether oxygens (including phenoxy) is 1. The maximum Gasteiger partial charge on any atom is 0.264 e. The molecule has 8 nitrogen and oxygen atoms in total. The monoisotopic (exact) mass is 565 g/mol. The minimum Gasteiger partial charge on any atom is -0.497 e. The predicted octanol–water partition coefficient (Wildman–Crippen LogP) is 4.78. The zero-order valence-electron chi connectivity index (χ0n) is 24.0. The molecule has 0 spiro atoms. The van der Waals surface area contributed by atoms with Crippen molar-refractivity contribution in [3.63, 3.8) is 0 Å². The lowest BCUT2D eigenvalue weighted by Gasteiger charge is -2.33. The van der Waals surface area contributed by atoms with Crippen LogP contribution in [0.25, 0.3) is 0 Å². The van der Waals surface area contributed by atoms with E-state index in [1.807, 2.05) is 52.0 Å². The smallest absolute Gasteiger partial charge is 0.264 e. The number of hydrogen-bond acceptors (Lipinski definition) is 5. The Morgan fingerprint density at radius 1 is 0.900 bits per heavy atom. The predicted molar refractivity (Wildman–Crippen MR) is 158 cm³/mol. The van der Waals surface area contributed by atoms with Crippen LogP contribution in [-0.4, -0.2) is 50.4 Å². The Kier molecular flexibility index (Phi) is 9.98. The van der Waals surface area contributed by atoms with E-state index >= 15 is 0 Å². The Morgan fingerprint density at radius 2 is 1.48 bits per heavy atom. The summed E-state index contributed by atoms with van der Waals surface area (Å²) in [6.45, 7) is 8.87. The summed E-state index contributed by atoms with van der Waals surface area (Å²) in [6.07, 6.45) is 0.792. The van der Waals surface area contributed by atoms with E-state index in [0.29, 0.717) is 11.4 Å². The fourth-order valence-electron chi connectivity index (χ4n) is 4.13. The lowest BCUT2D eigenvalue weighted by Crippen LogP contribution is -2.54. The summed E-state index contributed by atoms with van der Waals surface area (Å²) in [4.78, 5) is 28.7. The minimum absolute atomic E-state index is 0.0718. The van der Waals surface area contributed by atoms with Crippen LogP contribution >= 0.6 is 0 Å². The molecule has 3 aromatic carbocycles. The number of sulfonamides is 1. The number of hydrogen-bond donors (Lipinski definition) is 1. The van der Waals surface area contributed by atoms with Crippen molar-refractivity contribution < 1.29 is 22.7 Å². The van der Waals surface area contributed by atoms with Crippen LogP contribution in [0.5, 0.6) is 5.75 Å². The van der Waals surface area contributed by atoms with Crippen molar-refractivity contribution >= 4 is 27.5 Å². The summed E-state index contributed by atoms with van der Waals surface area (Å²) in [5.74, 6) is -0.179. The van der Waals surface area contributed by atoms with E-state index in [9.17, 15) is 18.0 Å². The fourth-order valence-corrected chi connectivity index (χ4v) is 5.57. The quantitative estimate of drug-likeness (QED) is 0.361. The van der Waals surface area contributed by atoms with E-state index in [1.165, 1.54) is 17.0 Å². The van der Waals surface area contributed by atoms with Crippen molar-refractivity contribution in [1.29, 1.82) is 0 Å². The third-order valence-electron chi connectivity index (χ3n) is 6.42. The number of methoxy groups -OCH3 is 1. The van der Waals surface area contributed by atoms with Crippen molar-refractivity contribution in [2.45, 2.75) is 64.1 Å². The van der Waals surface area contributed by atoms with Gasteiger partial charge in [-0.2, -0.15) is 0 Å². The summed E-state index contributed by atoms with van der Waals surface area (Å²) in [5.41, 5.74) is 1.67. The van der Waals surface area contributed by atoms with Gasteiger partial charge in [0.25, 0.3) is 10.0 Å². The Hall–Kier alpha value is -3.85. The Balaban J connectivity index is 2.02. The van der Waals surface area contributed by atoms with E-state index in [-0.39, 0.29) is 17.3 Å². The molecule has 0 aromatic heterocycles. The molecular formula is C31H39N3O5S. The second kappa shape index (κ2) is 13.0. The van der Waals surface area contributed by atoms with E-state index < -0.39 is 34.1 Å². The normalized spacial score (nSPS) is 12.3. The molecule has 0 heterocycles. The van der Waals surface area contributed by atoms with Gasteiger partial charge >= 0.3 is 0 Å². The van der Waals surface area contributed by atoms with Crippen LogP contribution in [0.15, 0.2) is 83.8 Å². The van der Waals surface area contributed by atoms with E-state index in [0.717, 1.165) is 21.9 Å². The number of amides is 2. The van der Waals surface area contributed by atoms with Crippen molar-refractivity contribution in [1.82, 2.24) is 10.2 Å². The number of aryl methyl sites for hydroxylation is 1. The number of carbonyl (C=O) groups excluding carboxylic acids is 2. The molecule has 3 aromatic rings. The van der Waals surface area contributed by atoms with Crippen LogP contribution in [0.1, 0.15) is 45.7 Å². The summed E-state index contributed by atoms with van der Waals surface area (Å²) in [7, 11) is -2.52. The molecule has 0 aliphatic carbocycles. The van der Waals surface area contributed by atoms with E-state index in [2.05, 4.69) is 5.32 Å². The first-order valence-corrected chi connectivity index (χ1v) is 14.7. The van der Waals surface area contributed by atoms with Crippen LogP contribution in [-0.2, 0) is 32.6 Å². The van der Waals surface area contributed by atoms with Gasteiger partial charge in [-0.3, -0.25) is 13.9 Å². The van der Waals surface area contributed by atoms with Crippen molar-refractivity contribution in [3.05, 3.63) is 90.0 Å². The van der Waals surface area contributed by atoms with Crippen molar-refractivity contribution in [3.8, 4) is 5.75 Å². The lowest BCUT2D eigenvalue weighted by molar-refractivity contribution is -0.140. The van der Waals surface area contributed by atoms with Crippen molar-refractivity contribution in [2.75, 3.05) is 18.0 Å². The zero-order valence-corrected chi connectivity index (χ0v) is 24.9. The number of rotatable bonds is 11. The van der Waals surface area contributed by atoms with Crippen LogP contribution in [0.2, 0.25) is 0 Å². The molecule has 2 amide bonds. The molecule has 1 N–H and O–H groups in total. The molecule has 0 aliphatic heterocycles. The molecule has 9 heteroatoms. The molecule has 1 unspecified atom stereocenters. The largest absolute Gasteiger partial charge is 0.497 e. The first-order chi connectivity index (χ1) is 18.9. The van der Waals surface area contributed by atoms with E-state index in [1.54, 1.807) is 56.5 Å². The van der Waals surface area contributed by atoms with Crippen LogP contribution in [0.3, 0.4) is 0 Å². The molecular weight excluding hydrogens is 526 g/mol. The minimum atomic E-state index is -4.09. The van der Waals surface area contributed by atoms with E-state index in [4.69, 9.17) is 4.74 Å². The Labute approximate surface area is 238 Å². The van der Waals surface area contributed by atoms with Crippen LogP contribution in [0, 0.1) is 0 Å². The second-order valence-corrected chi connectivity index (χ2v) is 12.5. The number of benzene rings is 3. The van der Waals surface area contributed by atoms with Gasteiger partial charge in [-0.1, -0.05) is 49.4 Å². The van der Waals surface area contributed by atoms with Gasteiger partial charge in [0.2, 0.25) is 11.8 Å². The Morgan fingerprint density at radius 3 is 2.00 bits per heavy atom. The summed E-state index contributed by atoms with van der Waals surface area (Å²) in [5, 5.41) is 2.93. The number of nitrogens with zero attached hydrogens (tertiary/aromatic N) is 2. The Bertz CT molecular complexity index is 1380. The average Bonchev–Trinajstić information content (AvgIpc) is 2.94. The number of carbonyl (C=O) groups is 2. The van der Waals surface area contributed by atoms with Crippen molar-refractivity contribution in [2.24, 2.45) is 0 Å². The number of nitrogens with one attached hydrogen (secondary N) is 1. The highest BCUT2D eigenvalue weighted by Crippen LogP contribution is 2.25. The highest BCUT2D eigenvalue weighted by Gasteiger charge is 2.33. The van der Waals surface area contributed by atoms with Gasteiger partial charge in [0.15, 0.2) is 0 Å². The molecule has 0 bridgehead atoms. The van der Waals surface area contributed by atoms with Crippen LogP contribution < -0.4 is 14.4 Å². The average molecular weight is 566 g/mol. The molecule has 40 heavy (non-hydrogen) atoms. The SMILES string of the molecule is CCc1ccc(N(CC(=O)N(Cc2ccc(OC)cc2)C(C)C(=O)NC(C)(C)C)S(=O)(=O)c2ccccc2)cc1. The highest BCUT2D eigenvalue weighted by atomic mass is 32.2. The summed E-state index contributed by atoms with van der Waals surface area (Å²) >= 11 is 0. The van der Waals surface area contributed by atoms with Gasteiger partial charge in [-0.15, -0.1) is 0 Å². The third kappa shape index (κ3) is 7.85. The number of anilines is 1. The van der Waals surface area contributed by atoms with Gasteiger partial charge < -0.3 is 15.0 Å². The molecule has 1 atom stereocenters. The zero-order chi connectivity index (χ0) is 29.5. The first kappa shape index (κ1) is 30.7. The standard InChI is InChI=1S/C31H39N3O5S/c1-7-24-13-17-26(18-14-24)34(40(37,38)28-11-9-8-10-12-28)22-29(35)33(23(2)30(36)32-31(3,4)5)21-25-15-19-27(39-6)20-16-25/h8-20,23H,7,21-22H2,1-6H3,(H,32,36). The highest BCUT2D eigenvalue weighted by molar-refractivity contribution is 7.92. The summed E-state index contributed by atoms with van der Waals surface area (Å²) in [6, 6.07) is 21.4. The first-order valence-electron chi connectivity index (χ1n) is 13.3. The molecule has 214 valence electrons. The second-order valence-electron chi connectivity index (χ2n) is 10.6. The molecule has 3 rings (SSSR count). The molecule has 0 saturated heterocycles. The third-order valence-corrected chi connectivity index (χ3v) is 8.21. The fraction of sp³-hybridized carbons (Fsp3) is 0.355. The summed E-state index contributed by atoms with van der Waals surface area (Å²) < 4.78 is 34.0. The van der Waals surface area contributed by atoms with Gasteiger partial charge in [-0.25, -0.2) is 8.42 Å².